The molecule has 0 aromatic rings. The lowest BCUT2D eigenvalue weighted by molar-refractivity contribution is -0.163. The van der Waals surface area contributed by atoms with Crippen molar-refractivity contribution in [1.29, 1.82) is 0 Å². The zero-order chi connectivity index (χ0) is 11.9. The number of carbonyl (C=O) groups is 1. The van der Waals surface area contributed by atoms with Gasteiger partial charge in [-0.05, 0) is 26.2 Å². The number of carbonyl (C=O) groups excluding carboxylic acids is 1. The number of hydrogen-bond acceptors (Lipinski definition) is 2. The first kappa shape index (κ1) is 14.4. The van der Waals surface area contributed by atoms with Crippen LogP contribution in [0.3, 0.4) is 0 Å². The number of hydrogen-bond donors (Lipinski definition) is 0. The summed E-state index contributed by atoms with van der Waals surface area (Å²) in [7, 11) is 0. The third kappa shape index (κ3) is 5.14. The van der Waals surface area contributed by atoms with Gasteiger partial charge in [0.15, 0.2) is 0 Å². The third-order valence-corrected chi connectivity index (χ3v) is 2.58. The Bertz CT molecular complexity index is 184. The van der Waals surface area contributed by atoms with Crippen LogP contribution in [-0.4, -0.2) is 17.7 Å². The van der Waals surface area contributed by atoms with Crippen molar-refractivity contribution in [3.8, 4) is 0 Å². The van der Waals surface area contributed by atoms with Crippen molar-refractivity contribution >= 4 is 5.97 Å². The Hall–Kier alpha value is -0.600. The second-order valence-electron chi connectivity index (χ2n) is 4.16. The van der Waals surface area contributed by atoms with Gasteiger partial charge >= 0.3 is 5.97 Å². The summed E-state index contributed by atoms with van der Waals surface area (Å²) >= 11 is 0. The molecule has 0 aromatic carbocycles. The number of esters is 1. The molecule has 0 spiro atoms. The van der Waals surface area contributed by atoms with Crippen LogP contribution in [0.5, 0.6) is 0 Å². The molecule has 0 heterocycles. The summed E-state index contributed by atoms with van der Waals surface area (Å²) in [5.41, 5.74) is -1.83. The molecule has 3 heteroatoms. The topological polar surface area (TPSA) is 26.3 Å². The van der Waals surface area contributed by atoms with Gasteiger partial charge in [0, 0.05) is 0 Å². The molecule has 15 heavy (non-hydrogen) atoms. The van der Waals surface area contributed by atoms with Crippen molar-refractivity contribution in [1.82, 2.24) is 0 Å². The Morgan fingerprint density at radius 3 is 2.07 bits per heavy atom. The van der Waals surface area contributed by atoms with Gasteiger partial charge < -0.3 is 4.74 Å². The van der Waals surface area contributed by atoms with Crippen LogP contribution in [0.2, 0.25) is 0 Å². The van der Waals surface area contributed by atoms with Gasteiger partial charge in [0.25, 0.3) is 0 Å². The van der Waals surface area contributed by atoms with Gasteiger partial charge in [0.1, 0.15) is 6.10 Å². The first-order chi connectivity index (χ1) is 6.97. The molecule has 1 atom stereocenters. The summed E-state index contributed by atoms with van der Waals surface area (Å²) in [5, 5.41) is 0. The van der Waals surface area contributed by atoms with Crippen LogP contribution in [0, 0.1) is 0 Å². The summed E-state index contributed by atoms with van der Waals surface area (Å²) in [6.07, 6.45) is 3.59. The molecule has 2 nitrogen and oxygen atoms in total. The van der Waals surface area contributed by atoms with E-state index in [1.54, 1.807) is 6.92 Å². The summed E-state index contributed by atoms with van der Waals surface area (Å²) < 4.78 is 18.8. The highest BCUT2D eigenvalue weighted by molar-refractivity contribution is 5.78. The van der Waals surface area contributed by atoms with E-state index in [0.717, 1.165) is 25.7 Å². The van der Waals surface area contributed by atoms with E-state index in [0.29, 0.717) is 0 Å². The fourth-order valence-corrected chi connectivity index (χ4v) is 1.32. The van der Waals surface area contributed by atoms with E-state index in [4.69, 9.17) is 4.74 Å². The molecule has 90 valence electrons. The molecule has 0 aromatic heterocycles. The van der Waals surface area contributed by atoms with Gasteiger partial charge in [0.2, 0.25) is 5.67 Å². The molecule has 1 unspecified atom stereocenters. The highest BCUT2D eigenvalue weighted by Crippen LogP contribution is 2.20. The second-order valence-corrected chi connectivity index (χ2v) is 4.16. The van der Waals surface area contributed by atoms with Crippen LogP contribution in [-0.2, 0) is 9.53 Å². The van der Waals surface area contributed by atoms with Crippen molar-refractivity contribution in [3.63, 3.8) is 0 Å². The molecule has 0 bridgehead atoms. The van der Waals surface area contributed by atoms with E-state index in [1.807, 2.05) is 13.8 Å². The minimum atomic E-state index is -1.83. The summed E-state index contributed by atoms with van der Waals surface area (Å²) in [6, 6.07) is 0. The van der Waals surface area contributed by atoms with E-state index in [-0.39, 0.29) is 12.5 Å². The van der Waals surface area contributed by atoms with Gasteiger partial charge in [-0.15, -0.1) is 0 Å². The van der Waals surface area contributed by atoms with E-state index in [9.17, 15) is 9.18 Å². The van der Waals surface area contributed by atoms with Gasteiger partial charge in [-0.1, -0.05) is 33.6 Å². The van der Waals surface area contributed by atoms with Crippen LogP contribution in [0.15, 0.2) is 0 Å². The molecule has 0 aliphatic heterocycles. The fraction of sp³-hybridized carbons (Fsp3) is 0.917. The van der Waals surface area contributed by atoms with E-state index < -0.39 is 11.6 Å². The molecule has 0 N–H and O–H groups in total. The van der Waals surface area contributed by atoms with Crippen molar-refractivity contribution in [3.05, 3.63) is 0 Å². The van der Waals surface area contributed by atoms with Crippen LogP contribution < -0.4 is 0 Å². The predicted octanol–water partition coefficient (Wildman–Crippen LogP) is 3.64. The molecule has 0 aliphatic rings. The lowest BCUT2D eigenvalue weighted by Gasteiger charge is -2.22. The molecule has 0 saturated carbocycles. The van der Waals surface area contributed by atoms with E-state index >= 15 is 0 Å². The van der Waals surface area contributed by atoms with Crippen LogP contribution in [0.4, 0.5) is 4.39 Å². The Labute approximate surface area is 92.2 Å². The summed E-state index contributed by atoms with van der Waals surface area (Å²) in [6.45, 7) is 7.00. The molecular formula is C12H23FO2. The highest BCUT2D eigenvalue weighted by Gasteiger charge is 2.34. The van der Waals surface area contributed by atoms with Crippen molar-refractivity contribution in [2.45, 2.75) is 71.6 Å². The van der Waals surface area contributed by atoms with Gasteiger partial charge in [-0.2, -0.15) is 0 Å². The maximum Gasteiger partial charge on any atom is 0.343 e. The van der Waals surface area contributed by atoms with Crippen LogP contribution in [0.25, 0.3) is 0 Å². The number of ether oxygens (including phenoxy) is 1. The first-order valence-electron chi connectivity index (χ1n) is 5.87. The predicted molar refractivity (Wildman–Crippen MR) is 59.5 cm³/mol. The molecule has 0 saturated heterocycles. The summed E-state index contributed by atoms with van der Waals surface area (Å²) in [5.74, 6) is -0.711. The lowest BCUT2D eigenvalue weighted by atomic mass is 10.1. The monoisotopic (exact) mass is 218 g/mol. The zero-order valence-corrected chi connectivity index (χ0v) is 10.3. The zero-order valence-electron chi connectivity index (χ0n) is 10.3. The lowest BCUT2D eigenvalue weighted by Crippen LogP contribution is -2.34. The Balaban J connectivity index is 4.21. The van der Waals surface area contributed by atoms with Crippen LogP contribution in [0.1, 0.15) is 59.8 Å². The fourth-order valence-electron chi connectivity index (χ4n) is 1.32. The second kappa shape index (κ2) is 6.81. The SMILES string of the molecule is CCCC(CCC)OC(=O)C(C)(F)CC. The average molecular weight is 218 g/mol. The first-order valence-corrected chi connectivity index (χ1v) is 5.87. The number of halogens is 1. The third-order valence-electron chi connectivity index (χ3n) is 2.58. The standard InChI is InChI=1S/C12H23FO2/c1-5-8-10(9-6-2)15-11(14)12(4,13)7-3/h10H,5-9H2,1-4H3. The molecule has 0 aliphatic carbocycles. The van der Waals surface area contributed by atoms with Gasteiger partial charge in [0.05, 0.1) is 0 Å². The Morgan fingerprint density at radius 1 is 1.27 bits per heavy atom. The highest BCUT2D eigenvalue weighted by atomic mass is 19.1. The van der Waals surface area contributed by atoms with Gasteiger partial charge in [-0.25, -0.2) is 9.18 Å². The smallest absolute Gasteiger partial charge is 0.343 e. The Kier molecular flexibility index (Phi) is 6.53. The largest absolute Gasteiger partial charge is 0.460 e. The molecule has 0 amide bonds. The number of rotatable bonds is 7. The van der Waals surface area contributed by atoms with Gasteiger partial charge in [-0.3, -0.25) is 0 Å². The van der Waals surface area contributed by atoms with Crippen molar-refractivity contribution < 1.29 is 13.9 Å². The molecule has 0 rings (SSSR count). The van der Waals surface area contributed by atoms with E-state index in [2.05, 4.69) is 0 Å². The normalized spacial score (nSPS) is 15.1. The van der Waals surface area contributed by atoms with E-state index in [1.165, 1.54) is 6.92 Å². The minimum absolute atomic E-state index is 0.117. The average Bonchev–Trinajstić information content (AvgIpc) is 2.18. The number of alkyl halides is 1. The minimum Gasteiger partial charge on any atom is -0.460 e. The maximum atomic E-state index is 13.6. The quantitative estimate of drug-likeness (QED) is 0.610. The molecule has 0 radical (unpaired) electrons. The van der Waals surface area contributed by atoms with Crippen LogP contribution >= 0.6 is 0 Å². The Morgan fingerprint density at radius 2 is 1.73 bits per heavy atom. The maximum absolute atomic E-state index is 13.6. The molecule has 0 fully saturated rings. The van der Waals surface area contributed by atoms with Crippen molar-refractivity contribution in [2.24, 2.45) is 0 Å². The van der Waals surface area contributed by atoms with Crippen molar-refractivity contribution in [2.75, 3.05) is 0 Å². The summed E-state index contributed by atoms with van der Waals surface area (Å²) in [4.78, 5) is 11.5. The molecular weight excluding hydrogens is 195 g/mol.